The Bertz CT molecular complexity index is 1010. The van der Waals surface area contributed by atoms with E-state index in [1.54, 1.807) is 37.3 Å². The molecule has 2 aromatic carbocycles. The molecular weight excluding hydrogens is 376 g/mol. The number of carbonyl (C=O) groups is 1. The number of carbonyl (C=O) groups excluding carboxylic acids is 1. The molecule has 1 amide bonds. The van der Waals surface area contributed by atoms with E-state index in [1.165, 1.54) is 28.9 Å². The van der Waals surface area contributed by atoms with Crippen molar-refractivity contribution in [3.63, 3.8) is 0 Å². The van der Waals surface area contributed by atoms with Gasteiger partial charge < -0.3 is 10.1 Å². The third-order valence-electron chi connectivity index (χ3n) is 4.30. The predicted octanol–water partition coefficient (Wildman–Crippen LogP) is 4.49. The van der Waals surface area contributed by atoms with Crippen LogP contribution in [0.2, 0.25) is 0 Å². The lowest BCUT2D eigenvalue weighted by molar-refractivity contribution is -0.120. The Labute approximate surface area is 167 Å². The van der Waals surface area contributed by atoms with Crippen LogP contribution in [-0.2, 0) is 11.2 Å². The van der Waals surface area contributed by atoms with Gasteiger partial charge in [0.1, 0.15) is 5.82 Å². The lowest BCUT2D eigenvalue weighted by Gasteiger charge is -2.12. The molecule has 0 spiro atoms. The Morgan fingerprint density at radius 2 is 1.93 bits per heavy atom. The minimum Gasteiger partial charge on any atom is -0.436 e. The van der Waals surface area contributed by atoms with Crippen molar-refractivity contribution in [1.29, 1.82) is 0 Å². The van der Waals surface area contributed by atoms with Crippen molar-refractivity contribution < 1.29 is 18.3 Å². The first kappa shape index (κ1) is 20.3. The summed E-state index contributed by atoms with van der Waals surface area (Å²) in [5.41, 5.74) is 1.87. The van der Waals surface area contributed by atoms with E-state index in [2.05, 4.69) is 17.0 Å². The van der Waals surface area contributed by atoms with Gasteiger partial charge in [-0.05, 0) is 49.7 Å². The van der Waals surface area contributed by atoms with Gasteiger partial charge >= 0.3 is 0 Å². The zero-order valence-corrected chi connectivity index (χ0v) is 16.0. The van der Waals surface area contributed by atoms with E-state index in [-0.39, 0.29) is 29.8 Å². The number of ether oxygens (including phenoxy) is 1. The highest BCUT2D eigenvalue weighted by Gasteiger charge is 2.20. The summed E-state index contributed by atoms with van der Waals surface area (Å²) in [6, 6.07) is 11.7. The summed E-state index contributed by atoms with van der Waals surface area (Å²) in [7, 11) is 0. The lowest BCUT2D eigenvalue weighted by atomic mass is 10.1. The van der Waals surface area contributed by atoms with Crippen LogP contribution < -0.4 is 10.1 Å². The zero-order chi connectivity index (χ0) is 20.8. The summed E-state index contributed by atoms with van der Waals surface area (Å²) < 4.78 is 34.9. The molecule has 3 aromatic rings. The number of nitrogens with zero attached hydrogens (tertiary/aromatic N) is 2. The fourth-order valence-electron chi connectivity index (χ4n) is 2.83. The molecule has 0 aliphatic heterocycles. The number of benzene rings is 2. The van der Waals surface area contributed by atoms with Gasteiger partial charge in [0.2, 0.25) is 11.8 Å². The first-order chi connectivity index (χ1) is 14.0. The maximum atomic E-state index is 14.2. The van der Waals surface area contributed by atoms with E-state index in [0.29, 0.717) is 29.9 Å². The van der Waals surface area contributed by atoms with Crippen LogP contribution in [0.5, 0.6) is 11.6 Å². The van der Waals surface area contributed by atoms with Crippen LogP contribution in [0, 0.1) is 18.6 Å². The van der Waals surface area contributed by atoms with E-state index >= 15 is 0 Å². The number of hydrogen-bond acceptors (Lipinski definition) is 3. The molecule has 7 heteroatoms. The van der Waals surface area contributed by atoms with Crippen LogP contribution in [0.1, 0.15) is 17.7 Å². The van der Waals surface area contributed by atoms with Crippen LogP contribution in [0.15, 0.2) is 61.2 Å². The van der Waals surface area contributed by atoms with Gasteiger partial charge in [-0.15, -0.1) is 6.58 Å². The van der Waals surface area contributed by atoms with Gasteiger partial charge in [0.15, 0.2) is 11.6 Å². The molecule has 0 saturated carbocycles. The van der Waals surface area contributed by atoms with Crippen molar-refractivity contribution >= 4 is 5.91 Å². The van der Waals surface area contributed by atoms with E-state index in [1.807, 2.05) is 0 Å². The highest BCUT2D eigenvalue weighted by atomic mass is 19.1. The van der Waals surface area contributed by atoms with Crippen molar-refractivity contribution in [1.82, 2.24) is 15.1 Å². The van der Waals surface area contributed by atoms with Crippen molar-refractivity contribution in [2.75, 3.05) is 6.54 Å². The third kappa shape index (κ3) is 4.87. The largest absolute Gasteiger partial charge is 0.436 e. The molecule has 0 radical (unpaired) electrons. The fraction of sp³-hybridized carbons (Fsp3) is 0.182. The molecule has 150 valence electrons. The predicted molar refractivity (Wildman–Crippen MR) is 106 cm³/mol. The van der Waals surface area contributed by atoms with Gasteiger partial charge in [0.05, 0.1) is 11.4 Å². The van der Waals surface area contributed by atoms with Crippen molar-refractivity contribution in [3.8, 4) is 17.3 Å². The molecular formula is C22H21F2N3O2. The molecule has 0 atom stereocenters. The summed E-state index contributed by atoms with van der Waals surface area (Å²) in [6.45, 7) is 5.73. The molecule has 1 heterocycles. The van der Waals surface area contributed by atoms with Gasteiger partial charge in [0, 0.05) is 18.5 Å². The summed E-state index contributed by atoms with van der Waals surface area (Å²) in [5.74, 6) is -0.723. The number of amides is 1. The molecule has 0 unspecified atom stereocenters. The Morgan fingerprint density at radius 3 is 2.62 bits per heavy atom. The molecule has 0 fully saturated rings. The lowest BCUT2D eigenvalue weighted by Crippen LogP contribution is -2.23. The van der Waals surface area contributed by atoms with E-state index < -0.39 is 5.82 Å². The van der Waals surface area contributed by atoms with Crippen LogP contribution in [0.3, 0.4) is 0 Å². The third-order valence-corrected chi connectivity index (χ3v) is 4.30. The number of nitrogens with one attached hydrogen (secondary N) is 1. The highest BCUT2D eigenvalue weighted by Crippen LogP contribution is 2.32. The highest BCUT2D eigenvalue weighted by molar-refractivity contribution is 5.76. The second-order valence-corrected chi connectivity index (χ2v) is 6.38. The average Bonchev–Trinajstić information content (AvgIpc) is 3.02. The maximum Gasteiger partial charge on any atom is 0.226 e. The smallest absolute Gasteiger partial charge is 0.226 e. The van der Waals surface area contributed by atoms with Crippen molar-refractivity contribution in [2.45, 2.75) is 19.8 Å². The first-order valence-electron chi connectivity index (χ1n) is 9.14. The minimum atomic E-state index is -0.522. The van der Waals surface area contributed by atoms with E-state index in [9.17, 15) is 13.6 Å². The van der Waals surface area contributed by atoms with Gasteiger partial charge in [-0.2, -0.15) is 5.10 Å². The van der Waals surface area contributed by atoms with Crippen LogP contribution in [0.4, 0.5) is 8.78 Å². The summed E-state index contributed by atoms with van der Waals surface area (Å²) >= 11 is 0. The summed E-state index contributed by atoms with van der Waals surface area (Å²) in [5, 5.41) is 7.19. The Balaban J connectivity index is 1.98. The monoisotopic (exact) mass is 397 g/mol. The molecule has 5 nitrogen and oxygen atoms in total. The average molecular weight is 397 g/mol. The zero-order valence-electron chi connectivity index (χ0n) is 16.0. The summed E-state index contributed by atoms with van der Waals surface area (Å²) in [6.07, 6.45) is 2.15. The van der Waals surface area contributed by atoms with Crippen LogP contribution in [-0.4, -0.2) is 22.2 Å². The normalized spacial score (nSPS) is 10.6. The standard InChI is InChI=1S/C22H21F2N3O2/c1-3-14-25-21(28)13-12-18-15(2)26-27(17-10-8-16(23)9-11-17)22(18)29-20-7-5-4-6-19(20)24/h3-11H,1,12-14H2,2H3,(H,25,28). The minimum absolute atomic E-state index is 0.0353. The van der Waals surface area contributed by atoms with E-state index in [4.69, 9.17) is 4.74 Å². The Morgan fingerprint density at radius 1 is 1.21 bits per heavy atom. The molecule has 3 rings (SSSR count). The molecule has 29 heavy (non-hydrogen) atoms. The quantitative estimate of drug-likeness (QED) is 0.570. The Kier molecular flexibility index (Phi) is 6.39. The fourth-order valence-corrected chi connectivity index (χ4v) is 2.83. The number of rotatable bonds is 8. The van der Waals surface area contributed by atoms with Gasteiger partial charge in [-0.1, -0.05) is 18.2 Å². The first-order valence-corrected chi connectivity index (χ1v) is 9.14. The number of para-hydroxylation sites is 1. The van der Waals surface area contributed by atoms with Crippen LogP contribution in [0.25, 0.3) is 5.69 Å². The summed E-state index contributed by atoms with van der Waals surface area (Å²) in [4.78, 5) is 12.0. The van der Waals surface area contributed by atoms with Gasteiger partial charge in [0.25, 0.3) is 0 Å². The molecule has 0 bridgehead atoms. The Hall–Kier alpha value is -3.48. The second kappa shape index (κ2) is 9.14. The van der Waals surface area contributed by atoms with Crippen LogP contribution >= 0.6 is 0 Å². The SMILES string of the molecule is C=CCNC(=O)CCc1c(C)nn(-c2ccc(F)cc2)c1Oc1ccccc1F. The van der Waals surface area contributed by atoms with E-state index in [0.717, 1.165) is 0 Å². The number of aryl methyl sites for hydroxylation is 1. The molecule has 1 aromatic heterocycles. The number of halogens is 2. The molecule has 0 aliphatic rings. The molecule has 0 saturated heterocycles. The van der Waals surface area contributed by atoms with Crippen molar-refractivity contribution in [3.05, 3.63) is 84.1 Å². The van der Waals surface area contributed by atoms with Gasteiger partial charge in [-0.3, -0.25) is 4.79 Å². The maximum absolute atomic E-state index is 14.2. The molecule has 0 aliphatic carbocycles. The van der Waals surface area contributed by atoms with Gasteiger partial charge in [-0.25, -0.2) is 13.5 Å². The topological polar surface area (TPSA) is 56.2 Å². The number of aromatic nitrogens is 2. The molecule has 1 N–H and O–H groups in total. The van der Waals surface area contributed by atoms with Crippen molar-refractivity contribution in [2.24, 2.45) is 0 Å². The number of hydrogen-bond donors (Lipinski definition) is 1. The second-order valence-electron chi connectivity index (χ2n) is 6.38.